The summed E-state index contributed by atoms with van der Waals surface area (Å²) in [6, 6.07) is 7.76. The second-order valence-electron chi connectivity index (χ2n) is 13.4. The Labute approximate surface area is 282 Å². The SMILES string of the molecule is C[C@@H]1NC(=O)CC/C=C\CN(CCN2CCOCC2)C(=O)[C@H]2N(CCCCCO)C(=O)[C@@H]3[C@@H](C(=O)O[C@H]1c1ccccc1)[C@H]1C=C[C@]32O1. The van der Waals surface area contributed by atoms with Crippen molar-refractivity contribution in [3.05, 3.63) is 60.2 Å². The second kappa shape index (κ2) is 15.3. The third-order valence-corrected chi connectivity index (χ3v) is 10.3. The van der Waals surface area contributed by atoms with Crippen LogP contribution in [0.15, 0.2) is 54.6 Å². The van der Waals surface area contributed by atoms with Crippen LogP contribution in [0.1, 0.15) is 50.7 Å². The lowest BCUT2D eigenvalue weighted by Crippen LogP contribution is -2.57. The number of esters is 1. The van der Waals surface area contributed by atoms with Crippen molar-refractivity contribution >= 4 is 23.7 Å². The van der Waals surface area contributed by atoms with Crippen LogP contribution in [0.25, 0.3) is 0 Å². The van der Waals surface area contributed by atoms with Gasteiger partial charge in [-0.3, -0.25) is 24.1 Å². The number of morpholine rings is 1. The molecule has 12 heteroatoms. The molecule has 6 rings (SSSR count). The number of carbonyl (C=O) groups excluding carboxylic acids is 4. The number of nitrogens with one attached hydrogen (secondary N) is 1. The maximum Gasteiger partial charge on any atom is 0.313 e. The second-order valence-corrected chi connectivity index (χ2v) is 13.4. The normalized spacial score (nSPS) is 33.5. The molecule has 5 bridgehead atoms. The highest BCUT2D eigenvalue weighted by Crippen LogP contribution is 2.56. The number of fused-ring (bicyclic) bond motifs is 2. The van der Waals surface area contributed by atoms with E-state index in [-0.39, 0.29) is 30.7 Å². The fourth-order valence-corrected chi connectivity index (χ4v) is 7.82. The molecule has 1 spiro atoms. The average Bonchev–Trinajstić information content (AvgIpc) is 3.74. The Morgan fingerprint density at radius 1 is 0.958 bits per heavy atom. The molecule has 3 amide bonds. The van der Waals surface area contributed by atoms with E-state index in [0.29, 0.717) is 65.1 Å². The summed E-state index contributed by atoms with van der Waals surface area (Å²) in [6.07, 6.45) is 8.51. The Morgan fingerprint density at radius 3 is 2.52 bits per heavy atom. The zero-order chi connectivity index (χ0) is 33.7. The summed E-state index contributed by atoms with van der Waals surface area (Å²) in [7, 11) is 0. The molecule has 7 atom stereocenters. The van der Waals surface area contributed by atoms with Crippen LogP contribution in [0.3, 0.4) is 0 Å². The van der Waals surface area contributed by atoms with Crippen LogP contribution in [0.5, 0.6) is 0 Å². The van der Waals surface area contributed by atoms with Crippen LogP contribution in [0, 0.1) is 11.8 Å². The molecule has 5 aliphatic heterocycles. The van der Waals surface area contributed by atoms with Crippen molar-refractivity contribution in [2.24, 2.45) is 11.8 Å². The van der Waals surface area contributed by atoms with Gasteiger partial charge in [0.2, 0.25) is 17.7 Å². The Balaban J connectivity index is 1.35. The number of likely N-dealkylation sites (tertiary alicyclic amines) is 1. The van der Waals surface area contributed by atoms with Crippen LogP contribution < -0.4 is 5.32 Å². The minimum absolute atomic E-state index is 0.0490. The highest BCUT2D eigenvalue weighted by atomic mass is 16.6. The van der Waals surface area contributed by atoms with Gasteiger partial charge in [-0.15, -0.1) is 0 Å². The molecule has 1 aromatic carbocycles. The molecule has 3 fully saturated rings. The van der Waals surface area contributed by atoms with Crippen molar-refractivity contribution in [1.29, 1.82) is 0 Å². The first-order valence-electron chi connectivity index (χ1n) is 17.4. The van der Waals surface area contributed by atoms with E-state index >= 15 is 0 Å². The Hall–Kier alpha value is -3.58. The number of hydrogen-bond donors (Lipinski definition) is 2. The molecule has 1 aromatic rings. The number of allylic oxidation sites excluding steroid dienone is 1. The summed E-state index contributed by atoms with van der Waals surface area (Å²) in [6.45, 7) is 6.37. The molecular weight excluding hydrogens is 616 g/mol. The first-order valence-corrected chi connectivity index (χ1v) is 17.4. The fraction of sp³-hybridized carbons (Fsp3) is 0.611. The van der Waals surface area contributed by atoms with Crippen molar-refractivity contribution in [2.45, 2.75) is 68.9 Å². The fourth-order valence-electron chi connectivity index (χ4n) is 7.82. The molecule has 12 nitrogen and oxygen atoms in total. The van der Waals surface area contributed by atoms with E-state index in [2.05, 4.69) is 10.2 Å². The van der Waals surface area contributed by atoms with Gasteiger partial charge in [0.1, 0.15) is 23.7 Å². The number of nitrogens with zero attached hydrogens (tertiary/aromatic N) is 3. The topological polar surface area (TPSA) is 138 Å². The summed E-state index contributed by atoms with van der Waals surface area (Å²) >= 11 is 0. The predicted octanol–water partition coefficient (Wildman–Crippen LogP) is 1.60. The molecule has 5 heterocycles. The van der Waals surface area contributed by atoms with Crippen molar-refractivity contribution in [1.82, 2.24) is 20.0 Å². The van der Waals surface area contributed by atoms with E-state index in [4.69, 9.17) is 14.2 Å². The summed E-state index contributed by atoms with van der Waals surface area (Å²) in [5.41, 5.74) is -0.589. The summed E-state index contributed by atoms with van der Waals surface area (Å²) in [5, 5.41) is 12.4. The van der Waals surface area contributed by atoms with Gasteiger partial charge in [0, 0.05) is 52.3 Å². The quantitative estimate of drug-likeness (QED) is 0.229. The molecule has 2 N–H and O–H groups in total. The molecule has 48 heavy (non-hydrogen) atoms. The van der Waals surface area contributed by atoms with Gasteiger partial charge in [-0.1, -0.05) is 54.6 Å². The lowest BCUT2D eigenvalue weighted by Gasteiger charge is -2.37. The number of carbonyl (C=O) groups is 4. The zero-order valence-corrected chi connectivity index (χ0v) is 27.7. The van der Waals surface area contributed by atoms with Crippen LogP contribution in [0.2, 0.25) is 0 Å². The van der Waals surface area contributed by atoms with E-state index in [1.54, 1.807) is 22.8 Å². The lowest BCUT2D eigenvalue weighted by atomic mass is 9.74. The molecule has 5 aliphatic rings. The summed E-state index contributed by atoms with van der Waals surface area (Å²) < 4.78 is 18.3. The number of aliphatic hydroxyl groups excluding tert-OH is 1. The van der Waals surface area contributed by atoms with Gasteiger partial charge < -0.3 is 34.4 Å². The number of aliphatic hydroxyl groups is 1. The number of benzene rings is 1. The minimum Gasteiger partial charge on any atom is -0.455 e. The van der Waals surface area contributed by atoms with Crippen molar-refractivity contribution in [3.8, 4) is 0 Å². The molecule has 0 aromatic heterocycles. The third kappa shape index (κ3) is 6.94. The van der Waals surface area contributed by atoms with Crippen molar-refractivity contribution in [2.75, 3.05) is 59.1 Å². The first-order chi connectivity index (χ1) is 23.3. The standard InChI is InChI=1S/C36H48N4O8/c1-25-31(26-11-5-2-6-12-26)47-35(45)29-27-14-15-36(48-27)30(29)33(43)40(17-9-4-10-22-41)32(36)34(44)39(16-8-3-7-13-28(42)37-25)19-18-38-20-23-46-24-21-38/h2-3,5-6,8,11-12,14-15,25,27,29-32,41H,4,7,9-10,13,16-24H2,1H3,(H,37,42)/b8-3-/t25-,27+,29-,30-,31+,32+,36-/m0/s1. The van der Waals surface area contributed by atoms with Crippen LogP contribution >= 0.6 is 0 Å². The maximum absolute atomic E-state index is 14.8. The van der Waals surface area contributed by atoms with Gasteiger partial charge in [0.05, 0.1) is 31.3 Å². The highest BCUT2D eigenvalue weighted by molar-refractivity contribution is 5.99. The van der Waals surface area contributed by atoms with Crippen molar-refractivity contribution < 1.29 is 38.5 Å². The highest BCUT2D eigenvalue weighted by Gasteiger charge is 2.73. The number of amides is 3. The summed E-state index contributed by atoms with van der Waals surface area (Å²) in [4.78, 5) is 62.0. The molecule has 0 aliphatic carbocycles. The number of unbranched alkanes of at least 4 members (excludes halogenated alkanes) is 2. The van der Waals surface area contributed by atoms with E-state index in [1.807, 2.05) is 48.6 Å². The largest absolute Gasteiger partial charge is 0.455 e. The predicted molar refractivity (Wildman–Crippen MR) is 175 cm³/mol. The molecule has 3 saturated heterocycles. The van der Waals surface area contributed by atoms with Crippen LogP contribution in [-0.2, 0) is 33.4 Å². The Kier molecular flexibility index (Phi) is 10.9. The molecule has 0 radical (unpaired) electrons. The first kappa shape index (κ1) is 34.3. The summed E-state index contributed by atoms with van der Waals surface area (Å²) in [5.74, 6) is -3.18. The van der Waals surface area contributed by atoms with Gasteiger partial charge >= 0.3 is 5.97 Å². The van der Waals surface area contributed by atoms with Crippen LogP contribution in [0.4, 0.5) is 0 Å². The number of hydrogen-bond acceptors (Lipinski definition) is 9. The number of ether oxygens (including phenoxy) is 3. The van der Waals surface area contributed by atoms with Gasteiger partial charge in [0.25, 0.3) is 0 Å². The molecule has 260 valence electrons. The van der Waals surface area contributed by atoms with Gasteiger partial charge in [-0.2, -0.15) is 0 Å². The van der Waals surface area contributed by atoms with Gasteiger partial charge in [0.15, 0.2) is 0 Å². The smallest absolute Gasteiger partial charge is 0.313 e. The maximum atomic E-state index is 14.8. The molecular formula is C36H48N4O8. The van der Waals surface area contributed by atoms with E-state index in [9.17, 15) is 24.3 Å². The monoisotopic (exact) mass is 664 g/mol. The van der Waals surface area contributed by atoms with E-state index < -0.39 is 47.7 Å². The zero-order valence-electron chi connectivity index (χ0n) is 27.7. The van der Waals surface area contributed by atoms with Gasteiger partial charge in [-0.25, -0.2) is 0 Å². The van der Waals surface area contributed by atoms with E-state index in [0.717, 1.165) is 18.7 Å². The molecule has 0 saturated carbocycles. The van der Waals surface area contributed by atoms with Crippen molar-refractivity contribution in [3.63, 3.8) is 0 Å². The minimum atomic E-state index is -1.31. The third-order valence-electron chi connectivity index (χ3n) is 10.3. The number of cyclic esters (lactones) is 1. The van der Waals surface area contributed by atoms with Gasteiger partial charge in [-0.05, 0) is 38.2 Å². The Bertz CT molecular complexity index is 1380. The lowest BCUT2D eigenvalue weighted by molar-refractivity contribution is -0.161. The average molecular weight is 665 g/mol. The molecule has 0 unspecified atom stereocenters. The number of rotatable bonds is 9. The van der Waals surface area contributed by atoms with E-state index in [1.165, 1.54) is 0 Å². The Morgan fingerprint density at radius 2 is 1.75 bits per heavy atom. The van der Waals surface area contributed by atoms with Crippen LogP contribution in [-0.4, -0.2) is 126 Å².